The molecule has 0 spiro atoms. The van der Waals surface area contributed by atoms with Crippen molar-refractivity contribution in [1.82, 2.24) is 10.2 Å². The van der Waals surface area contributed by atoms with Crippen molar-refractivity contribution < 1.29 is 14.3 Å². The third kappa shape index (κ3) is 5.00. The maximum Gasteiger partial charge on any atom is 0.251 e. The van der Waals surface area contributed by atoms with Crippen molar-refractivity contribution in [2.45, 2.75) is 25.9 Å². The number of carbonyl (C=O) groups is 2. The van der Waals surface area contributed by atoms with E-state index >= 15 is 0 Å². The second-order valence-electron chi connectivity index (χ2n) is 5.39. The Morgan fingerprint density at radius 2 is 2.09 bits per heavy atom. The summed E-state index contributed by atoms with van der Waals surface area (Å²) >= 11 is 5.78. The molecule has 1 atom stereocenters. The Bertz CT molecular complexity index is 519. The third-order valence-corrected chi connectivity index (χ3v) is 3.81. The number of nitrogens with zero attached hydrogens (tertiary/aromatic N) is 1. The smallest absolute Gasteiger partial charge is 0.251 e. The zero-order valence-electron chi connectivity index (χ0n) is 12.7. The van der Waals surface area contributed by atoms with Crippen molar-refractivity contribution in [3.63, 3.8) is 0 Å². The summed E-state index contributed by atoms with van der Waals surface area (Å²) in [5, 5.41) is 3.41. The van der Waals surface area contributed by atoms with Crippen molar-refractivity contribution in [3.8, 4) is 0 Å². The average molecular weight is 325 g/mol. The summed E-state index contributed by atoms with van der Waals surface area (Å²) in [7, 11) is 0. The van der Waals surface area contributed by atoms with Crippen LogP contribution < -0.4 is 5.32 Å². The van der Waals surface area contributed by atoms with Crippen LogP contribution in [0.1, 0.15) is 30.1 Å². The third-order valence-electron chi connectivity index (χ3n) is 3.55. The molecule has 0 aromatic heterocycles. The summed E-state index contributed by atoms with van der Waals surface area (Å²) in [5.41, 5.74) is 0.567. The Labute approximate surface area is 135 Å². The summed E-state index contributed by atoms with van der Waals surface area (Å²) in [6, 6.07) is 6.72. The lowest BCUT2D eigenvalue weighted by Crippen LogP contribution is -2.44. The first-order chi connectivity index (χ1) is 10.6. The zero-order valence-corrected chi connectivity index (χ0v) is 13.4. The minimum Gasteiger partial charge on any atom is -0.375 e. The van der Waals surface area contributed by atoms with Gasteiger partial charge in [-0.1, -0.05) is 11.6 Å². The topological polar surface area (TPSA) is 58.6 Å². The molecule has 2 amide bonds. The minimum absolute atomic E-state index is 0.0994. The van der Waals surface area contributed by atoms with Crippen molar-refractivity contribution in [2.24, 2.45) is 0 Å². The largest absolute Gasteiger partial charge is 0.375 e. The number of hydrogen-bond acceptors (Lipinski definition) is 3. The fraction of sp³-hybridized carbons (Fsp3) is 0.500. The average Bonchev–Trinajstić information content (AvgIpc) is 2.51. The summed E-state index contributed by atoms with van der Waals surface area (Å²) in [6.07, 6.45) is 1.17. The quantitative estimate of drug-likeness (QED) is 0.844. The highest BCUT2D eigenvalue weighted by atomic mass is 35.5. The minimum atomic E-state index is -0.149. The molecule has 0 aliphatic carbocycles. The van der Waals surface area contributed by atoms with E-state index in [1.54, 1.807) is 24.3 Å². The standard InChI is InChI=1S/C16H21ClN2O3/c1-12-11-19(9-10-22-12)15(20)3-2-8-18-16(21)13-4-6-14(17)7-5-13/h4-7,12H,2-3,8-11H2,1H3,(H,18,21). The van der Waals surface area contributed by atoms with Crippen molar-refractivity contribution in [1.29, 1.82) is 0 Å². The molecule has 5 nitrogen and oxygen atoms in total. The Kier molecular flexibility index (Phi) is 6.21. The molecule has 1 aliphatic rings. The number of hydrogen-bond donors (Lipinski definition) is 1. The monoisotopic (exact) mass is 324 g/mol. The van der Waals surface area contributed by atoms with Crippen molar-refractivity contribution >= 4 is 23.4 Å². The molecule has 0 bridgehead atoms. The van der Waals surface area contributed by atoms with Gasteiger partial charge in [-0.2, -0.15) is 0 Å². The first-order valence-electron chi connectivity index (χ1n) is 7.49. The molecular weight excluding hydrogens is 304 g/mol. The number of morpholine rings is 1. The highest BCUT2D eigenvalue weighted by Crippen LogP contribution is 2.10. The first-order valence-corrected chi connectivity index (χ1v) is 7.87. The van der Waals surface area contributed by atoms with Gasteiger partial charge < -0.3 is 15.0 Å². The molecule has 2 rings (SSSR count). The first kappa shape index (κ1) is 16.8. The molecule has 1 aromatic rings. The van der Waals surface area contributed by atoms with Gasteiger partial charge in [-0.05, 0) is 37.6 Å². The lowest BCUT2D eigenvalue weighted by Gasteiger charge is -2.31. The summed E-state index contributed by atoms with van der Waals surface area (Å²) in [5.74, 6) is -0.0278. The second-order valence-corrected chi connectivity index (χ2v) is 5.82. The predicted octanol–water partition coefficient (Wildman–Crippen LogP) is 2.10. The number of amides is 2. The van der Waals surface area contributed by atoms with Crippen molar-refractivity contribution in [3.05, 3.63) is 34.9 Å². The van der Waals surface area contributed by atoms with Gasteiger partial charge in [-0.15, -0.1) is 0 Å². The number of benzene rings is 1. The lowest BCUT2D eigenvalue weighted by atomic mass is 10.2. The van der Waals surface area contributed by atoms with E-state index in [4.69, 9.17) is 16.3 Å². The van der Waals surface area contributed by atoms with Crippen LogP contribution in [0.2, 0.25) is 5.02 Å². The van der Waals surface area contributed by atoms with Gasteiger partial charge in [-0.25, -0.2) is 0 Å². The molecule has 1 heterocycles. The molecule has 0 saturated carbocycles. The Morgan fingerprint density at radius 1 is 1.36 bits per heavy atom. The van der Waals surface area contributed by atoms with Crippen LogP contribution in [0.3, 0.4) is 0 Å². The molecule has 1 aliphatic heterocycles. The number of ether oxygens (including phenoxy) is 1. The van der Waals surface area contributed by atoms with Crippen LogP contribution in [-0.4, -0.2) is 49.1 Å². The van der Waals surface area contributed by atoms with E-state index in [2.05, 4.69) is 5.32 Å². The van der Waals surface area contributed by atoms with E-state index in [1.165, 1.54) is 0 Å². The maximum atomic E-state index is 12.0. The highest BCUT2D eigenvalue weighted by molar-refractivity contribution is 6.30. The normalized spacial score (nSPS) is 18.1. The highest BCUT2D eigenvalue weighted by Gasteiger charge is 2.20. The zero-order chi connectivity index (χ0) is 15.9. The molecule has 22 heavy (non-hydrogen) atoms. The van der Waals surface area contributed by atoms with Crippen molar-refractivity contribution in [2.75, 3.05) is 26.2 Å². The number of carbonyl (C=O) groups excluding carboxylic acids is 2. The molecule has 1 N–H and O–H groups in total. The molecule has 1 fully saturated rings. The van der Waals surface area contributed by atoms with E-state index < -0.39 is 0 Å². The Balaban J connectivity index is 1.67. The molecular formula is C16H21ClN2O3. The molecule has 1 saturated heterocycles. The van der Waals surface area contributed by atoms with Gasteiger partial charge in [0.25, 0.3) is 5.91 Å². The predicted molar refractivity (Wildman–Crippen MR) is 85.0 cm³/mol. The molecule has 0 radical (unpaired) electrons. The van der Waals surface area contributed by atoms with Crippen LogP contribution in [0, 0.1) is 0 Å². The molecule has 1 aromatic carbocycles. The van der Waals surface area contributed by atoms with Crippen LogP contribution in [-0.2, 0) is 9.53 Å². The number of rotatable bonds is 5. The van der Waals surface area contributed by atoms with E-state index in [9.17, 15) is 9.59 Å². The fourth-order valence-electron chi connectivity index (χ4n) is 2.35. The van der Waals surface area contributed by atoms with Gasteiger partial charge in [0, 0.05) is 36.6 Å². The van der Waals surface area contributed by atoms with Gasteiger partial charge in [-0.3, -0.25) is 9.59 Å². The molecule has 1 unspecified atom stereocenters. The van der Waals surface area contributed by atoms with Crippen LogP contribution in [0.5, 0.6) is 0 Å². The van der Waals surface area contributed by atoms with E-state index in [0.29, 0.717) is 49.7 Å². The SMILES string of the molecule is CC1CN(C(=O)CCCNC(=O)c2ccc(Cl)cc2)CCO1. The number of halogens is 1. The van der Waals surface area contributed by atoms with Gasteiger partial charge in [0.2, 0.25) is 5.91 Å². The van der Waals surface area contributed by atoms with E-state index in [-0.39, 0.29) is 17.9 Å². The summed E-state index contributed by atoms with van der Waals surface area (Å²) < 4.78 is 5.41. The van der Waals surface area contributed by atoms with Gasteiger partial charge in [0.05, 0.1) is 12.7 Å². The Morgan fingerprint density at radius 3 is 2.77 bits per heavy atom. The maximum absolute atomic E-state index is 12.0. The number of nitrogens with one attached hydrogen (secondary N) is 1. The second kappa shape index (κ2) is 8.15. The summed E-state index contributed by atoms with van der Waals surface area (Å²) in [4.78, 5) is 25.7. The van der Waals surface area contributed by atoms with Crippen LogP contribution >= 0.6 is 11.6 Å². The van der Waals surface area contributed by atoms with Gasteiger partial charge in [0.15, 0.2) is 0 Å². The molecule has 6 heteroatoms. The fourth-order valence-corrected chi connectivity index (χ4v) is 2.47. The molecule has 120 valence electrons. The lowest BCUT2D eigenvalue weighted by molar-refractivity contribution is -0.138. The van der Waals surface area contributed by atoms with Crippen LogP contribution in [0.25, 0.3) is 0 Å². The van der Waals surface area contributed by atoms with Crippen LogP contribution in [0.15, 0.2) is 24.3 Å². The van der Waals surface area contributed by atoms with E-state index in [1.807, 2.05) is 11.8 Å². The van der Waals surface area contributed by atoms with Crippen LogP contribution in [0.4, 0.5) is 0 Å². The van der Waals surface area contributed by atoms with E-state index in [0.717, 1.165) is 0 Å². The Hall–Kier alpha value is -1.59. The summed E-state index contributed by atoms with van der Waals surface area (Å²) in [6.45, 7) is 4.34. The van der Waals surface area contributed by atoms with Gasteiger partial charge in [0.1, 0.15) is 0 Å². The van der Waals surface area contributed by atoms with Gasteiger partial charge >= 0.3 is 0 Å².